The Morgan fingerprint density at radius 2 is 2.13 bits per heavy atom. The normalized spacial score (nSPS) is 11.5. The molecule has 0 fully saturated rings. The molecular weight excluding hydrogens is 436 g/mol. The lowest BCUT2D eigenvalue weighted by molar-refractivity contribution is 0.101. The summed E-state index contributed by atoms with van der Waals surface area (Å²) in [5, 5.41) is 6.85. The van der Waals surface area contributed by atoms with E-state index in [2.05, 4.69) is 15.3 Å². The molecule has 0 unspecified atom stereocenters. The van der Waals surface area contributed by atoms with Crippen LogP contribution in [0.2, 0.25) is 5.02 Å². The lowest BCUT2D eigenvalue weighted by Gasteiger charge is -2.08. The third-order valence-electron chi connectivity index (χ3n) is 5.25. The van der Waals surface area contributed by atoms with Gasteiger partial charge in [-0.25, -0.2) is 9.78 Å². The van der Waals surface area contributed by atoms with Crippen LogP contribution in [-0.2, 0) is 6.54 Å². The predicted octanol–water partition coefficient (Wildman–Crippen LogP) is 5.43. The third kappa shape index (κ3) is 3.34. The minimum Gasteiger partial charge on any atom is -0.408 e. The number of hydrogen-bond donors (Lipinski definition) is 2. The number of H-pyrrole nitrogens is 1. The van der Waals surface area contributed by atoms with E-state index in [1.807, 2.05) is 48.1 Å². The van der Waals surface area contributed by atoms with Gasteiger partial charge in [0.2, 0.25) is 0 Å². The molecule has 7 nitrogen and oxygen atoms in total. The zero-order valence-electron chi connectivity index (χ0n) is 16.7. The van der Waals surface area contributed by atoms with Crippen molar-refractivity contribution in [3.8, 4) is 11.3 Å². The Balaban J connectivity index is 1.47. The van der Waals surface area contributed by atoms with Gasteiger partial charge in [-0.15, -0.1) is 11.3 Å². The van der Waals surface area contributed by atoms with Gasteiger partial charge in [0, 0.05) is 33.4 Å². The summed E-state index contributed by atoms with van der Waals surface area (Å²) >= 11 is 7.49. The summed E-state index contributed by atoms with van der Waals surface area (Å²) in [6.07, 6.45) is 0. The number of benzene rings is 2. The highest BCUT2D eigenvalue weighted by Crippen LogP contribution is 2.30. The van der Waals surface area contributed by atoms with Crippen LogP contribution in [0.1, 0.15) is 23.0 Å². The molecule has 0 bridgehead atoms. The fourth-order valence-corrected chi connectivity index (χ4v) is 4.73. The van der Waals surface area contributed by atoms with Gasteiger partial charge in [0.15, 0.2) is 10.7 Å². The number of amides is 1. The van der Waals surface area contributed by atoms with Gasteiger partial charge >= 0.3 is 5.76 Å². The van der Waals surface area contributed by atoms with Crippen molar-refractivity contribution in [2.75, 3.05) is 5.32 Å². The Kier molecular flexibility index (Phi) is 4.68. The first-order valence-corrected chi connectivity index (χ1v) is 10.9. The van der Waals surface area contributed by atoms with E-state index in [0.29, 0.717) is 39.2 Å². The van der Waals surface area contributed by atoms with Crippen LogP contribution in [0.5, 0.6) is 0 Å². The smallest absolute Gasteiger partial charge is 0.408 e. The summed E-state index contributed by atoms with van der Waals surface area (Å²) in [4.78, 5) is 31.7. The van der Waals surface area contributed by atoms with E-state index in [1.165, 1.54) is 11.3 Å². The maximum absolute atomic E-state index is 13.1. The standard InChI is InChI=1S/C22H17ClN4O3S/c1-3-27-17-7-5-13(23)9-14(17)11(2)19(27)20(28)26-21-24-16(10-31-21)12-4-6-15-18(8-12)30-22(29)25-15/h4-10H,3H2,1-2H3,(H,25,29)(H,24,26,28). The Bertz CT molecular complexity index is 1530. The second-order valence-electron chi connectivity index (χ2n) is 7.10. The highest BCUT2D eigenvalue weighted by molar-refractivity contribution is 7.14. The Morgan fingerprint density at radius 3 is 2.94 bits per heavy atom. The van der Waals surface area contributed by atoms with E-state index in [9.17, 15) is 9.59 Å². The van der Waals surface area contributed by atoms with Crippen molar-refractivity contribution >= 4 is 56.0 Å². The highest BCUT2D eigenvalue weighted by Gasteiger charge is 2.21. The molecule has 0 radical (unpaired) electrons. The van der Waals surface area contributed by atoms with Gasteiger partial charge in [-0.2, -0.15) is 0 Å². The molecule has 0 aliphatic heterocycles. The molecule has 0 spiro atoms. The molecule has 2 aromatic carbocycles. The number of oxazole rings is 1. The predicted molar refractivity (Wildman–Crippen MR) is 123 cm³/mol. The van der Waals surface area contributed by atoms with Crippen molar-refractivity contribution in [1.29, 1.82) is 0 Å². The second kappa shape index (κ2) is 7.40. The Morgan fingerprint density at radius 1 is 1.29 bits per heavy atom. The molecule has 5 aromatic rings. The summed E-state index contributed by atoms with van der Waals surface area (Å²) in [6.45, 7) is 4.58. The number of aromatic nitrogens is 3. The maximum Gasteiger partial charge on any atom is 0.417 e. The molecule has 3 aromatic heterocycles. The number of halogens is 1. The molecule has 0 aliphatic carbocycles. The van der Waals surface area contributed by atoms with E-state index in [4.69, 9.17) is 16.0 Å². The quantitative estimate of drug-likeness (QED) is 0.380. The number of carbonyl (C=O) groups excluding carboxylic acids is 1. The number of hydrogen-bond acceptors (Lipinski definition) is 5. The lowest BCUT2D eigenvalue weighted by Crippen LogP contribution is -2.17. The van der Waals surface area contributed by atoms with E-state index in [1.54, 1.807) is 12.1 Å². The zero-order valence-corrected chi connectivity index (χ0v) is 18.2. The van der Waals surface area contributed by atoms with Crippen LogP contribution in [0.3, 0.4) is 0 Å². The topological polar surface area (TPSA) is 92.9 Å². The van der Waals surface area contributed by atoms with E-state index < -0.39 is 5.76 Å². The molecule has 3 heterocycles. The summed E-state index contributed by atoms with van der Waals surface area (Å²) in [5.41, 5.74) is 5.00. The third-order valence-corrected chi connectivity index (χ3v) is 6.24. The molecule has 0 saturated heterocycles. The monoisotopic (exact) mass is 452 g/mol. The number of nitrogens with one attached hydrogen (secondary N) is 2. The molecule has 9 heteroatoms. The van der Waals surface area contributed by atoms with Gasteiger partial charge in [0.25, 0.3) is 5.91 Å². The summed E-state index contributed by atoms with van der Waals surface area (Å²) in [5.74, 6) is -0.721. The largest absolute Gasteiger partial charge is 0.417 e. The lowest BCUT2D eigenvalue weighted by atomic mass is 10.1. The first-order valence-electron chi connectivity index (χ1n) is 9.63. The molecule has 1 amide bonds. The van der Waals surface area contributed by atoms with Crippen molar-refractivity contribution < 1.29 is 9.21 Å². The first kappa shape index (κ1) is 19.6. The van der Waals surface area contributed by atoms with Crippen molar-refractivity contribution in [2.24, 2.45) is 0 Å². The second-order valence-corrected chi connectivity index (χ2v) is 8.39. The maximum atomic E-state index is 13.1. The number of aryl methyl sites for hydroxylation is 2. The fraction of sp³-hybridized carbons (Fsp3) is 0.136. The number of aromatic amines is 1. The number of fused-ring (bicyclic) bond motifs is 2. The average Bonchev–Trinajstić information content (AvgIpc) is 3.42. The Labute approximate surface area is 185 Å². The SMILES string of the molecule is CCn1c(C(=O)Nc2nc(-c3ccc4[nH]c(=O)oc4c3)cs2)c(C)c2cc(Cl)ccc21. The van der Waals surface area contributed by atoms with E-state index >= 15 is 0 Å². The average molecular weight is 453 g/mol. The van der Waals surface area contributed by atoms with Crippen LogP contribution in [0.15, 0.2) is 51.0 Å². The van der Waals surface area contributed by atoms with Crippen LogP contribution >= 0.6 is 22.9 Å². The van der Waals surface area contributed by atoms with Crippen LogP contribution < -0.4 is 11.1 Å². The first-order chi connectivity index (χ1) is 14.9. The number of nitrogens with zero attached hydrogens (tertiary/aromatic N) is 2. The molecule has 0 saturated carbocycles. The number of anilines is 1. The van der Waals surface area contributed by atoms with E-state index in [0.717, 1.165) is 22.0 Å². The van der Waals surface area contributed by atoms with Gasteiger partial charge in [-0.05, 0) is 49.7 Å². The molecule has 156 valence electrons. The van der Waals surface area contributed by atoms with Crippen molar-refractivity contribution in [3.63, 3.8) is 0 Å². The summed E-state index contributed by atoms with van der Waals surface area (Å²) in [7, 11) is 0. The van der Waals surface area contributed by atoms with Crippen molar-refractivity contribution in [1.82, 2.24) is 14.5 Å². The van der Waals surface area contributed by atoms with Crippen LogP contribution in [-0.4, -0.2) is 20.4 Å². The van der Waals surface area contributed by atoms with Crippen LogP contribution in [0.4, 0.5) is 5.13 Å². The summed E-state index contributed by atoms with van der Waals surface area (Å²) < 4.78 is 7.10. The number of thiazole rings is 1. The van der Waals surface area contributed by atoms with E-state index in [-0.39, 0.29) is 5.91 Å². The number of carbonyl (C=O) groups is 1. The van der Waals surface area contributed by atoms with Crippen LogP contribution in [0.25, 0.3) is 33.3 Å². The van der Waals surface area contributed by atoms with Gasteiger partial charge < -0.3 is 8.98 Å². The molecule has 2 N–H and O–H groups in total. The molecular formula is C22H17ClN4O3S. The van der Waals surface area contributed by atoms with Gasteiger partial charge in [-0.3, -0.25) is 15.1 Å². The molecule has 0 aliphatic rings. The van der Waals surface area contributed by atoms with Gasteiger partial charge in [-0.1, -0.05) is 17.7 Å². The fourth-order valence-electron chi connectivity index (χ4n) is 3.84. The molecule has 31 heavy (non-hydrogen) atoms. The zero-order chi connectivity index (χ0) is 21.7. The Hall–Kier alpha value is -3.36. The van der Waals surface area contributed by atoms with Crippen molar-refractivity contribution in [3.05, 3.63) is 68.6 Å². The minimum absolute atomic E-state index is 0.223. The van der Waals surface area contributed by atoms with Gasteiger partial charge in [0.1, 0.15) is 5.69 Å². The summed E-state index contributed by atoms with van der Waals surface area (Å²) in [6, 6.07) is 11.0. The molecule has 5 rings (SSSR count). The minimum atomic E-state index is -0.499. The van der Waals surface area contributed by atoms with Gasteiger partial charge in [0.05, 0.1) is 11.2 Å². The van der Waals surface area contributed by atoms with Crippen LogP contribution in [0, 0.1) is 6.92 Å². The highest BCUT2D eigenvalue weighted by atomic mass is 35.5. The number of rotatable bonds is 4. The van der Waals surface area contributed by atoms with Crippen molar-refractivity contribution in [2.45, 2.75) is 20.4 Å². The molecule has 0 atom stereocenters.